The van der Waals surface area contributed by atoms with Gasteiger partial charge in [0, 0.05) is 23.9 Å². The fourth-order valence-electron chi connectivity index (χ4n) is 1.77. The highest BCUT2D eigenvalue weighted by molar-refractivity contribution is 9.10. The molecule has 0 saturated carbocycles. The molecular formula is C14H19BrN2O4. The molecule has 2 amide bonds. The third kappa shape index (κ3) is 6.14. The van der Waals surface area contributed by atoms with Gasteiger partial charge in [-0.1, -0.05) is 15.9 Å². The standard InChI is InChI=1S/C14H19BrN2O4/c1-9-8-10(15)5-6-11(9)16-14(20)17-12(13(18)19)4-3-7-21-2/h5-6,8,12H,3-4,7H2,1-2H3,(H,18,19)(H2,16,17,20). The first-order chi connectivity index (χ1) is 9.93. The molecule has 21 heavy (non-hydrogen) atoms. The molecule has 0 aliphatic carbocycles. The predicted molar refractivity (Wildman–Crippen MR) is 83.6 cm³/mol. The molecule has 7 heteroatoms. The number of hydrogen-bond donors (Lipinski definition) is 3. The zero-order valence-corrected chi connectivity index (χ0v) is 13.6. The van der Waals surface area contributed by atoms with Crippen LogP contribution in [0.4, 0.5) is 10.5 Å². The highest BCUT2D eigenvalue weighted by Gasteiger charge is 2.19. The van der Waals surface area contributed by atoms with Crippen molar-refractivity contribution in [3.05, 3.63) is 28.2 Å². The van der Waals surface area contributed by atoms with Gasteiger partial charge in [-0.2, -0.15) is 0 Å². The van der Waals surface area contributed by atoms with Crippen LogP contribution in [-0.2, 0) is 9.53 Å². The number of nitrogens with one attached hydrogen (secondary N) is 2. The van der Waals surface area contributed by atoms with Crippen molar-refractivity contribution < 1.29 is 19.4 Å². The van der Waals surface area contributed by atoms with Crippen LogP contribution in [0.1, 0.15) is 18.4 Å². The molecule has 116 valence electrons. The Morgan fingerprint density at radius 3 is 2.71 bits per heavy atom. The van der Waals surface area contributed by atoms with E-state index in [4.69, 9.17) is 9.84 Å². The van der Waals surface area contributed by atoms with Crippen molar-refractivity contribution in [2.24, 2.45) is 0 Å². The van der Waals surface area contributed by atoms with Gasteiger partial charge in [-0.05, 0) is 43.5 Å². The minimum atomic E-state index is -1.06. The third-order valence-corrected chi connectivity index (χ3v) is 3.37. The maximum atomic E-state index is 11.9. The van der Waals surface area contributed by atoms with Crippen molar-refractivity contribution in [1.29, 1.82) is 0 Å². The van der Waals surface area contributed by atoms with E-state index in [-0.39, 0.29) is 0 Å². The average Bonchev–Trinajstić information content (AvgIpc) is 2.41. The molecule has 0 radical (unpaired) electrons. The normalized spacial score (nSPS) is 11.8. The van der Waals surface area contributed by atoms with Crippen molar-refractivity contribution in [2.45, 2.75) is 25.8 Å². The number of aliphatic carboxylic acids is 1. The van der Waals surface area contributed by atoms with Crippen LogP contribution in [0.15, 0.2) is 22.7 Å². The van der Waals surface area contributed by atoms with Gasteiger partial charge in [0.05, 0.1) is 0 Å². The molecule has 0 aromatic heterocycles. The second-order valence-corrected chi connectivity index (χ2v) is 5.50. The molecule has 1 rings (SSSR count). The van der Waals surface area contributed by atoms with Crippen molar-refractivity contribution in [3.8, 4) is 0 Å². The van der Waals surface area contributed by atoms with E-state index < -0.39 is 18.0 Å². The number of urea groups is 1. The van der Waals surface area contributed by atoms with E-state index in [1.54, 1.807) is 19.2 Å². The van der Waals surface area contributed by atoms with Gasteiger partial charge < -0.3 is 20.5 Å². The number of aryl methyl sites for hydroxylation is 1. The summed E-state index contributed by atoms with van der Waals surface area (Å²) in [6.45, 7) is 2.31. The van der Waals surface area contributed by atoms with E-state index in [0.717, 1.165) is 10.0 Å². The number of benzene rings is 1. The molecule has 1 aromatic carbocycles. The molecule has 0 heterocycles. The summed E-state index contributed by atoms with van der Waals surface area (Å²) in [5.74, 6) is -1.06. The highest BCUT2D eigenvalue weighted by Crippen LogP contribution is 2.19. The van der Waals surface area contributed by atoms with Crippen LogP contribution in [0, 0.1) is 6.92 Å². The number of amides is 2. The highest BCUT2D eigenvalue weighted by atomic mass is 79.9. The summed E-state index contributed by atoms with van der Waals surface area (Å²) in [5, 5.41) is 14.2. The van der Waals surface area contributed by atoms with Gasteiger partial charge in [-0.25, -0.2) is 9.59 Å². The van der Waals surface area contributed by atoms with E-state index in [1.165, 1.54) is 0 Å². The van der Waals surface area contributed by atoms with Crippen LogP contribution >= 0.6 is 15.9 Å². The lowest BCUT2D eigenvalue weighted by molar-refractivity contribution is -0.139. The monoisotopic (exact) mass is 358 g/mol. The third-order valence-electron chi connectivity index (χ3n) is 2.88. The van der Waals surface area contributed by atoms with Gasteiger partial charge in [0.25, 0.3) is 0 Å². The number of carboxylic acid groups (broad SMARTS) is 1. The molecule has 0 aliphatic rings. The Balaban J connectivity index is 2.59. The van der Waals surface area contributed by atoms with Crippen LogP contribution in [0.5, 0.6) is 0 Å². The fraction of sp³-hybridized carbons (Fsp3) is 0.429. The molecule has 0 bridgehead atoms. The number of anilines is 1. The lowest BCUT2D eigenvalue weighted by Gasteiger charge is -2.16. The number of hydrogen-bond acceptors (Lipinski definition) is 3. The van der Waals surface area contributed by atoms with Crippen molar-refractivity contribution >= 4 is 33.6 Å². The maximum Gasteiger partial charge on any atom is 0.326 e. The van der Waals surface area contributed by atoms with Crippen molar-refractivity contribution in [1.82, 2.24) is 5.32 Å². The second-order valence-electron chi connectivity index (χ2n) is 4.58. The van der Waals surface area contributed by atoms with E-state index in [9.17, 15) is 9.59 Å². The summed E-state index contributed by atoms with van der Waals surface area (Å²) in [6, 6.07) is 3.94. The van der Waals surface area contributed by atoms with Crippen LogP contribution in [0.25, 0.3) is 0 Å². The summed E-state index contributed by atoms with van der Waals surface area (Å²) < 4.78 is 5.78. The summed E-state index contributed by atoms with van der Waals surface area (Å²) in [5.41, 5.74) is 1.52. The maximum absolute atomic E-state index is 11.9. The number of carbonyl (C=O) groups is 2. The topological polar surface area (TPSA) is 87.7 Å². The zero-order chi connectivity index (χ0) is 15.8. The molecule has 1 atom stereocenters. The molecule has 0 aliphatic heterocycles. The van der Waals surface area contributed by atoms with Gasteiger partial charge in [-0.15, -0.1) is 0 Å². The first-order valence-corrected chi connectivity index (χ1v) is 7.28. The first-order valence-electron chi connectivity index (χ1n) is 6.49. The van der Waals surface area contributed by atoms with Gasteiger partial charge in [-0.3, -0.25) is 0 Å². The van der Waals surface area contributed by atoms with Crippen LogP contribution < -0.4 is 10.6 Å². The molecular weight excluding hydrogens is 340 g/mol. The largest absolute Gasteiger partial charge is 0.480 e. The van der Waals surface area contributed by atoms with Gasteiger partial charge >= 0.3 is 12.0 Å². The zero-order valence-electron chi connectivity index (χ0n) is 12.0. The predicted octanol–water partition coefficient (Wildman–Crippen LogP) is 2.76. The van der Waals surface area contributed by atoms with E-state index in [0.29, 0.717) is 25.1 Å². The molecule has 0 spiro atoms. The Bertz CT molecular complexity index is 508. The van der Waals surface area contributed by atoms with Gasteiger partial charge in [0.1, 0.15) is 6.04 Å². The second kappa shape index (κ2) is 8.63. The van der Waals surface area contributed by atoms with Crippen LogP contribution in [0.2, 0.25) is 0 Å². The smallest absolute Gasteiger partial charge is 0.326 e. The number of ether oxygens (including phenoxy) is 1. The Hall–Kier alpha value is -1.60. The fourth-order valence-corrected chi connectivity index (χ4v) is 2.25. The molecule has 1 aromatic rings. The molecule has 6 nitrogen and oxygen atoms in total. The number of methoxy groups -OCH3 is 1. The SMILES string of the molecule is COCCCC(NC(=O)Nc1ccc(Br)cc1C)C(=O)O. The van der Waals surface area contributed by atoms with Crippen LogP contribution in [-0.4, -0.2) is 36.9 Å². The van der Waals surface area contributed by atoms with Crippen molar-refractivity contribution in [3.63, 3.8) is 0 Å². The molecule has 0 saturated heterocycles. The average molecular weight is 359 g/mol. The first kappa shape index (κ1) is 17.5. The lowest BCUT2D eigenvalue weighted by Crippen LogP contribution is -2.43. The minimum Gasteiger partial charge on any atom is -0.480 e. The number of halogens is 1. The molecule has 3 N–H and O–H groups in total. The number of carbonyl (C=O) groups excluding carboxylic acids is 1. The Morgan fingerprint density at radius 1 is 1.43 bits per heavy atom. The van der Waals surface area contributed by atoms with Gasteiger partial charge in [0.2, 0.25) is 0 Å². The van der Waals surface area contributed by atoms with Crippen molar-refractivity contribution in [2.75, 3.05) is 19.0 Å². The van der Waals surface area contributed by atoms with E-state index in [1.807, 2.05) is 13.0 Å². The quantitative estimate of drug-likeness (QED) is 0.654. The summed E-state index contributed by atoms with van der Waals surface area (Å²) in [4.78, 5) is 23.0. The van der Waals surface area contributed by atoms with E-state index >= 15 is 0 Å². The Morgan fingerprint density at radius 2 is 2.14 bits per heavy atom. The minimum absolute atomic E-state index is 0.315. The lowest BCUT2D eigenvalue weighted by atomic mass is 10.1. The summed E-state index contributed by atoms with van der Waals surface area (Å²) in [6.07, 6.45) is 0.876. The molecule has 1 unspecified atom stereocenters. The Labute approximate surface area is 132 Å². The summed E-state index contributed by atoms with van der Waals surface area (Å²) >= 11 is 3.34. The van der Waals surface area contributed by atoms with Crippen LogP contribution in [0.3, 0.4) is 0 Å². The molecule has 0 fully saturated rings. The summed E-state index contributed by atoms with van der Waals surface area (Å²) in [7, 11) is 1.55. The number of carboxylic acids is 1. The Kier molecular flexibility index (Phi) is 7.18. The number of rotatable bonds is 7. The van der Waals surface area contributed by atoms with Gasteiger partial charge in [0.15, 0.2) is 0 Å². The van der Waals surface area contributed by atoms with E-state index in [2.05, 4.69) is 26.6 Å².